The molecule has 0 bridgehead atoms. The maximum atomic E-state index is 7.85. The molecule has 1 aliphatic carbocycles. The lowest BCUT2D eigenvalue weighted by Crippen LogP contribution is -2.32. The molecular weight excluding hydrogens is 394 g/mol. The van der Waals surface area contributed by atoms with Gasteiger partial charge in [0, 0.05) is 48.9 Å². The van der Waals surface area contributed by atoms with Crippen LogP contribution >= 0.6 is 11.8 Å². The quantitative estimate of drug-likeness (QED) is 0.598. The maximum absolute atomic E-state index is 7.85. The van der Waals surface area contributed by atoms with Gasteiger partial charge in [-0.2, -0.15) is 4.98 Å². The molecule has 5 rings (SSSR count). The number of nitrogens with zero attached hydrogens (tertiary/aromatic N) is 5. The van der Waals surface area contributed by atoms with Crippen LogP contribution < -0.4 is 10.2 Å². The SMILES string of the molecule is Cc1cn(-c2ccc(Nc3nc4c(c(N(C)C)n3)SC3(CCC3)C4)cc2C=N)cn1. The van der Waals surface area contributed by atoms with Crippen molar-refractivity contribution in [2.24, 2.45) is 0 Å². The minimum atomic E-state index is 0.346. The number of imidazole rings is 1. The minimum Gasteiger partial charge on any atom is -0.362 e. The Bertz CT molecular complexity index is 1130. The van der Waals surface area contributed by atoms with Crippen LogP contribution in [0.3, 0.4) is 0 Å². The Morgan fingerprint density at radius 2 is 2.10 bits per heavy atom. The summed E-state index contributed by atoms with van der Waals surface area (Å²) in [6, 6.07) is 5.93. The molecule has 0 amide bonds. The Morgan fingerprint density at radius 1 is 1.27 bits per heavy atom. The fourth-order valence-corrected chi connectivity index (χ4v) is 5.83. The minimum absolute atomic E-state index is 0.346. The van der Waals surface area contributed by atoms with Crippen molar-refractivity contribution in [1.29, 1.82) is 5.41 Å². The van der Waals surface area contributed by atoms with Crippen molar-refractivity contribution < 1.29 is 0 Å². The molecular formula is C22H25N7S. The summed E-state index contributed by atoms with van der Waals surface area (Å²) in [5, 5.41) is 11.2. The average Bonchev–Trinajstić information content (AvgIpc) is 3.30. The van der Waals surface area contributed by atoms with E-state index in [1.54, 1.807) is 6.33 Å². The zero-order chi connectivity index (χ0) is 20.9. The highest BCUT2D eigenvalue weighted by molar-refractivity contribution is 8.01. The van der Waals surface area contributed by atoms with E-state index >= 15 is 0 Å². The van der Waals surface area contributed by atoms with Crippen molar-refractivity contribution in [2.45, 2.75) is 42.2 Å². The van der Waals surface area contributed by atoms with Gasteiger partial charge in [0.05, 0.1) is 28.3 Å². The van der Waals surface area contributed by atoms with Crippen LogP contribution in [-0.2, 0) is 6.42 Å². The van der Waals surface area contributed by atoms with Crippen LogP contribution in [0.4, 0.5) is 17.5 Å². The molecule has 0 unspecified atom stereocenters. The molecule has 1 saturated carbocycles. The van der Waals surface area contributed by atoms with Crippen molar-refractivity contribution in [3.63, 3.8) is 0 Å². The largest absolute Gasteiger partial charge is 0.362 e. The topological polar surface area (TPSA) is 82.7 Å². The van der Waals surface area contributed by atoms with Gasteiger partial charge in [-0.25, -0.2) is 9.97 Å². The van der Waals surface area contributed by atoms with Gasteiger partial charge in [0.2, 0.25) is 5.95 Å². The van der Waals surface area contributed by atoms with Gasteiger partial charge in [-0.15, -0.1) is 11.8 Å². The van der Waals surface area contributed by atoms with Crippen LogP contribution in [0.1, 0.15) is 36.2 Å². The highest BCUT2D eigenvalue weighted by Gasteiger charge is 2.45. The van der Waals surface area contributed by atoms with Gasteiger partial charge in [-0.05, 0) is 38.0 Å². The summed E-state index contributed by atoms with van der Waals surface area (Å²) in [4.78, 5) is 17.3. The second-order valence-corrected chi connectivity index (χ2v) is 9.80. The second-order valence-electron chi connectivity index (χ2n) is 8.32. The number of thioether (sulfide) groups is 1. The predicted molar refractivity (Wildman–Crippen MR) is 122 cm³/mol. The zero-order valence-electron chi connectivity index (χ0n) is 17.4. The number of aromatic nitrogens is 4. The van der Waals surface area contributed by atoms with Crippen molar-refractivity contribution in [3.05, 3.63) is 47.7 Å². The molecule has 3 aromatic rings. The van der Waals surface area contributed by atoms with Gasteiger partial charge in [-0.1, -0.05) is 6.42 Å². The van der Waals surface area contributed by atoms with Gasteiger partial charge < -0.3 is 20.2 Å². The van der Waals surface area contributed by atoms with E-state index in [2.05, 4.69) is 15.2 Å². The van der Waals surface area contributed by atoms with Crippen LogP contribution in [0.25, 0.3) is 5.69 Å². The van der Waals surface area contributed by atoms with Crippen molar-refractivity contribution in [1.82, 2.24) is 19.5 Å². The Balaban J connectivity index is 1.47. The van der Waals surface area contributed by atoms with E-state index in [4.69, 9.17) is 15.4 Å². The number of aryl methyl sites for hydroxylation is 1. The molecule has 8 heteroatoms. The molecule has 1 fully saturated rings. The number of hydrogen-bond acceptors (Lipinski definition) is 7. The van der Waals surface area contributed by atoms with E-state index in [1.807, 2.05) is 61.7 Å². The highest BCUT2D eigenvalue weighted by Crippen LogP contribution is 2.57. The van der Waals surface area contributed by atoms with Crippen molar-refractivity contribution >= 4 is 35.4 Å². The van der Waals surface area contributed by atoms with Gasteiger partial charge >= 0.3 is 0 Å². The average molecular weight is 420 g/mol. The van der Waals surface area contributed by atoms with Crippen LogP contribution in [0.5, 0.6) is 0 Å². The van der Waals surface area contributed by atoms with E-state index in [-0.39, 0.29) is 0 Å². The molecule has 2 N–H and O–H groups in total. The first-order valence-electron chi connectivity index (χ1n) is 10.2. The third kappa shape index (κ3) is 3.25. The number of nitrogens with one attached hydrogen (secondary N) is 2. The zero-order valence-corrected chi connectivity index (χ0v) is 18.3. The fourth-order valence-electron chi connectivity index (χ4n) is 4.14. The van der Waals surface area contributed by atoms with Crippen LogP contribution in [0.2, 0.25) is 0 Å². The van der Waals surface area contributed by atoms with Crippen LogP contribution in [-0.4, -0.2) is 44.6 Å². The van der Waals surface area contributed by atoms with E-state index < -0.39 is 0 Å². The summed E-state index contributed by atoms with van der Waals surface area (Å²) < 4.78 is 2.28. The third-order valence-corrected chi connectivity index (χ3v) is 7.45. The van der Waals surface area contributed by atoms with Gasteiger partial charge in [0.15, 0.2) is 0 Å². The second kappa shape index (κ2) is 7.12. The number of anilines is 3. The molecule has 2 aliphatic rings. The number of fused-ring (bicyclic) bond motifs is 1. The van der Waals surface area contributed by atoms with Crippen molar-refractivity contribution in [3.8, 4) is 5.69 Å². The first-order chi connectivity index (χ1) is 14.5. The monoisotopic (exact) mass is 419 g/mol. The lowest BCUT2D eigenvalue weighted by Gasteiger charge is -2.36. The van der Waals surface area contributed by atoms with Crippen molar-refractivity contribution in [2.75, 3.05) is 24.3 Å². The molecule has 154 valence electrons. The summed E-state index contributed by atoms with van der Waals surface area (Å²) in [5.41, 5.74) is 4.68. The van der Waals surface area contributed by atoms with E-state index in [0.29, 0.717) is 10.7 Å². The molecule has 30 heavy (non-hydrogen) atoms. The van der Waals surface area contributed by atoms with Crippen LogP contribution in [0.15, 0.2) is 35.6 Å². The summed E-state index contributed by atoms with van der Waals surface area (Å²) in [5.74, 6) is 1.59. The number of hydrogen-bond donors (Lipinski definition) is 2. The molecule has 0 saturated heterocycles. The summed E-state index contributed by atoms with van der Waals surface area (Å²) >= 11 is 1.97. The van der Waals surface area contributed by atoms with Gasteiger partial charge in [0.1, 0.15) is 5.82 Å². The van der Waals surface area contributed by atoms with E-state index in [9.17, 15) is 0 Å². The van der Waals surface area contributed by atoms with E-state index in [0.717, 1.165) is 40.6 Å². The summed E-state index contributed by atoms with van der Waals surface area (Å²) in [7, 11) is 4.07. The van der Waals surface area contributed by atoms with Gasteiger partial charge in [0.25, 0.3) is 0 Å². The Morgan fingerprint density at radius 3 is 2.73 bits per heavy atom. The lowest BCUT2D eigenvalue weighted by atomic mass is 9.81. The number of rotatable bonds is 5. The maximum Gasteiger partial charge on any atom is 0.229 e. The molecule has 3 heterocycles. The third-order valence-electron chi connectivity index (χ3n) is 5.84. The lowest BCUT2D eigenvalue weighted by molar-refractivity contribution is 0.365. The fraction of sp³-hybridized carbons (Fsp3) is 0.364. The predicted octanol–water partition coefficient (Wildman–Crippen LogP) is 4.35. The first-order valence-corrected chi connectivity index (χ1v) is 11.0. The summed E-state index contributed by atoms with van der Waals surface area (Å²) in [6.07, 6.45) is 9.95. The molecule has 1 aromatic carbocycles. The molecule has 1 aliphatic heterocycles. The first kappa shape index (κ1) is 19.1. The summed E-state index contributed by atoms with van der Waals surface area (Å²) in [6.45, 7) is 1.95. The van der Waals surface area contributed by atoms with Crippen LogP contribution in [0, 0.1) is 12.3 Å². The molecule has 2 aromatic heterocycles. The molecule has 0 radical (unpaired) electrons. The molecule has 1 spiro atoms. The smallest absolute Gasteiger partial charge is 0.229 e. The standard InChI is InChI=1S/C22H25N7S/c1-14-12-29(13-24-14)18-6-5-16(9-15(18)11-23)25-21-26-17-10-22(7-4-8-22)30-19(17)20(27-21)28(2)3/h5-6,9,11-13,23H,4,7-8,10H2,1-3H3,(H,25,26,27). The number of benzene rings is 1. The molecule has 7 nitrogen and oxygen atoms in total. The normalized spacial score (nSPS) is 16.2. The Hall–Kier alpha value is -2.87. The Labute approximate surface area is 180 Å². The Kier molecular flexibility index (Phi) is 4.54. The molecule has 0 atom stereocenters. The highest BCUT2D eigenvalue weighted by atomic mass is 32.2. The van der Waals surface area contributed by atoms with Gasteiger partial charge in [-0.3, -0.25) is 0 Å². The van der Waals surface area contributed by atoms with E-state index in [1.165, 1.54) is 30.4 Å².